The van der Waals surface area contributed by atoms with Gasteiger partial charge in [0.25, 0.3) is 11.8 Å². The Kier molecular flexibility index (Phi) is 5.61. The van der Waals surface area contributed by atoms with Gasteiger partial charge in [0.2, 0.25) is 5.91 Å². The first kappa shape index (κ1) is 21.8. The lowest BCUT2D eigenvalue weighted by Crippen LogP contribution is -2.64. The Morgan fingerprint density at radius 2 is 1.79 bits per heavy atom. The summed E-state index contributed by atoms with van der Waals surface area (Å²) in [4.78, 5) is 50.0. The number of hydrogen-bond donors (Lipinski definition) is 2. The Bertz CT molecular complexity index is 1220. The van der Waals surface area contributed by atoms with E-state index in [0.717, 1.165) is 18.4 Å². The lowest BCUT2D eigenvalue weighted by atomic mass is 9.93. The van der Waals surface area contributed by atoms with Crippen molar-refractivity contribution in [2.45, 2.75) is 51.0 Å². The highest BCUT2D eigenvalue weighted by atomic mass is 16.2. The van der Waals surface area contributed by atoms with E-state index in [1.54, 1.807) is 28.7 Å². The molecule has 1 atom stereocenters. The lowest BCUT2D eigenvalue weighted by Gasteiger charge is -2.44. The van der Waals surface area contributed by atoms with Crippen LogP contribution in [0.2, 0.25) is 0 Å². The molecule has 1 aliphatic heterocycles. The fourth-order valence-corrected chi connectivity index (χ4v) is 4.45. The Labute approximate surface area is 197 Å². The van der Waals surface area contributed by atoms with Crippen molar-refractivity contribution < 1.29 is 14.4 Å². The number of pyridine rings is 1. The van der Waals surface area contributed by atoms with Crippen molar-refractivity contribution in [3.63, 3.8) is 0 Å². The molecule has 1 saturated carbocycles. The van der Waals surface area contributed by atoms with E-state index in [9.17, 15) is 14.4 Å². The monoisotopic (exact) mass is 458 g/mol. The van der Waals surface area contributed by atoms with Crippen molar-refractivity contribution in [3.8, 4) is 0 Å². The second-order valence-corrected chi connectivity index (χ2v) is 8.92. The topological polar surface area (TPSA) is 109 Å². The first-order valence-corrected chi connectivity index (χ1v) is 11.4. The summed E-state index contributed by atoms with van der Waals surface area (Å²) >= 11 is 0. The van der Waals surface area contributed by atoms with Gasteiger partial charge in [-0.15, -0.1) is 0 Å². The van der Waals surface area contributed by atoms with Gasteiger partial charge >= 0.3 is 0 Å². The maximum absolute atomic E-state index is 13.6. The molecule has 5 rings (SSSR count). The molecule has 9 heteroatoms. The molecule has 2 aromatic heterocycles. The normalized spacial score (nSPS) is 19.4. The maximum Gasteiger partial charge on any atom is 0.274 e. The number of hydrogen-bond acceptors (Lipinski definition) is 5. The molecular formula is C25H26N6O3. The number of amides is 3. The highest BCUT2D eigenvalue weighted by Crippen LogP contribution is 2.38. The van der Waals surface area contributed by atoms with Crippen LogP contribution in [0.3, 0.4) is 0 Å². The smallest absolute Gasteiger partial charge is 0.274 e. The highest BCUT2D eigenvalue weighted by molar-refractivity contribution is 6.07. The van der Waals surface area contributed by atoms with E-state index in [0.29, 0.717) is 12.2 Å². The van der Waals surface area contributed by atoms with Crippen LogP contribution in [-0.4, -0.2) is 48.7 Å². The van der Waals surface area contributed by atoms with Crippen LogP contribution in [0.25, 0.3) is 0 Å². The van der Waals surface area contributed by atoms with Crippen LogP contribution < -0.4 is 10.6 Å². The minimum absolute atomic E-state index is 0.0203. The summed E-state index contributed by atoms with van der Waals surface area (Å²) in [5.41, 5.74) is 0.895. The molecule has 1 aromatic carbocycles. The molecule has 2 aliphatic rings. The number of benzene rings is 1. The van der Waals surface area contributed by atoms with E-state index in [1.807, 2.05) is 42.5 Å². The van der Waals surface area contributed by atoms with Crippen molar-refractivity contribution in [1.82, 2.24) is 30.1 Å². The van der Waals surface area contributed by atoms with Crippen molar-refractivity contribution in [1.29, 1.82) is 0 Å². The second kappa shape index (κ2) is 8.74. The van der Waals surface area contributed by atoms with Crippen molar-refractivity contribution >= 4 is 17.7 Å². The summed E-state index contributed by atoms with van der Waals surface area (Å²) in [6, 6.07) is 15.1. The van der Waals surface area contributed by atoms with Gasteiger partial charge in [-0.1, -0.05) is 36.4 Å². The van der Waals surface area contributed by atoms with Gasteiger partial charge in [-0.05, 0) is 37.5 Å². The van der Waals surface area contributed by atoms with Gasteiger partial charge in [-0.3, -0.25) is 19.4 Å². The van der Waals surface area contributed by atoms with Crippen LogP contribution in [0, 0.1) is 0 Å². The molecule has 34 heavy (non-hydrogen) atoms. The molecule has 0 spiro atoms. The van der Waals surface area contributed by atoms with Crippen molar-refractivity contribution in [3.05, 3.63) is 83.7 Å². The van der Waals surface area contributed by atoms with E-state index in [-0.39, 0.29) is 42.3 Å². The number of imidazole rings is 1. The Hall–Kier alpha value is -4.01. The molecular weight excluding hydrogens is 432 g/mol. The zero-order valence-corrected chi connectivity index (χ0v) is 18.9. The molecule has 3 heterocycles. The fourth-order valence-electron chi connectivity index (χ4n) is 4.45. The Balaban J connectivity index is 1.37. The third kappa shape index (κ3) is 4.05. The standard InChI is InChI=1S/C25H26N6O3/c1-25(24(34)28-13-17-7-3-2-4-8-17)15-30-16-29-20(21(30)23(33)31(25)19-10-11-19)22(32)27-14-18-9-5-6-12-26-18/h2-9,12,16,19H,10-11,13-15H2,1H3,(H,27,32)(H,28,34)/t25-/m0/s1. The summed E-state index contributed by atoms with van der Waals surface area (Å²) in [5, 5.41) is 5.77. The van der Waals surface area contributed by atoms with Gasteiger partial charge in [0, 0.05) is 18.8 Å². The van der Waals surface area contributed by atoms with Crippen LogP contribution in [0.4, 0.5) is 0 Å². The molecule has 174 valence electrons. The zero-order valence-electron chi connectivity index (χ0n) is 18.9. The van der Waals surface area contributed by atoms with Crippen molar-refractivity contribution in [2.75, 3.05) is 0 Å². The summed E-state index contributed by atoms with van der Waals surface area (Å²) < 4.78 is 1.62. The summed E-state index contributed by atoms with van der Waals surface area (Å²) in [5.74, 6) is -1.01. The molecule has 3 aromatic rings. The van der Waals surface area contributed by atoms with Gasteiger partial charge in [-0.25, -0.2) is 4.98 Å². The van der Waals surface area contributed by atoms with Gasteiger partial charge in [-0.2, -0.15) is 0 Å². The van der Waals surface area contributed by atoms with Gasteiger partial charge in [0.1, 0.15) is 11.2 Å². The minimum atomic E-state index is -1.08. The molecule has 3 amide bonds. The van der Waals surface area contributed by atoms with Gasteiger partial charge < -0.3 is 20.1 Å². The van der Waals surface area contributed by atoms with Crippen LogP contribution >= 0.6 is 0 Å². The predicted octanol–water partition coefficient (Wildman–Crippen LogP) is 1.90. The van der Waals surface area contributed by atoms with Gasteiger partial charge in [0.15, 0.2) is 5.69 Å². The molecule has 0 unspecified atom stereocenters. The molecule has 2 N–H and O–H groups in total. The Morgan fingerprint density at radius 1 is 1.03 bits per heavy atom. The number of rotatable bonds is 7. The molecule has 9 nitrogen and oxygen atoms in total. The number of fused-ring (bicyclic) bond motifs is 1. The van der Waals surface area contributed by atoms with Crippen molar-refractivity contribution in [2.24, 2.45) is 0 Å². The van der Waals surface area contributed by atoms with Crippen LogP contribution in [0.5, 0.6) is 0 Å². The first-order valence-electron chi connectivity index (χ1n) is 11.4. The number of nitrogens with zero attached hydrogens (tertiary/aromatic N) is 4. The number of aromatic nitrogens is 3. The van der Waals surface area contributed by atoms with Gasteiger partial charge in [0.05, 0.1) is 25.1 Å². The number of carbonyl (C=O) groups is 3. The molecule has 1 aliphatic carbocycles. The third-order valence-electron chi connectivity index (χ3n) is 6.34. The largest absolute Gasteiger partial charge is 0.350 e. The first-order chi connectivity index (χ1) is 16.5. The second-order valence-electron chi connectivity index (χ2n) is 8.92. The molecule has 1 fully saturated rings. The van der Waals surface area contributed by atoms with Crippen LogP contribution in [0.1, 0.15) is 52.0 Å². The SMILES string of the molecule is C[C@@]1(C(=O)NCc2ccccc2)Cn2cnc(C(=O)NCc3ccccn3)c2C(=O)N1C1CC1. The zero-order chi connectivity index (χ0) is 23.7. The minimum Gasteiger partial charge on any atom is -0.350 e. The van der Waals surface area contributed by atoms with E-state index in [2.05, 4.69) is 20.6 Å². The molecule has 0 radical (unpaired) electrons. The number of carbonyl (C=O) groups excluding carboxylic acids is 3. The average Bonchev–Trinajstić information content (AvgIpc) is 3.60. The Morgan fingerprint density at radius 3 is 2.50 bits per heavy atom. The molecule has 0 saturated heterocycles. The van der Waals surface area contributed by atoms with E-state index in [1.165, 1.54) is 6.33 Å². The number of nitrogens with one attached hydrogen (secondary N) is 2. The van der Waals surface area contributed by atoms with Crippen LogP contribution in [-0.2, 0) is 24.4 Å². The fraction of sp³-hybridized carbons (Fsp3) is 0.320. The lowest BCUT2D eigenvalue weighted by molar-refractivity contribution is -0.133. The summed E-state index contributed by atoms with van der Waals surface area (Å²) in [6.07, 6.45) is 4.79. The van der Waals surface area contributed by atoms with E-state index >= 15 is 0 Å². The average molecular weight is 459 g/mol. The highest BCUT2D eigenvalue weighted by Gasteiger charge is 2.53. The van der Waals surface area contributed by atoms with Crippen LogP contribution in [0.15, 0.2) is 61.1 Å². The predicted molar refractivity (Wildman–Crippen MR) is 124 cm³/mol. The third-order valence-corrected chi connectivity index (χ3v) is 6.34. The van der Waals surface area contributed by atoms with E-state index < -0.39 is 11.4 Å². The van der Waals surface area contributed by atoms with E-state index in [4.69, 9.17) is 0 Å². The summed E-state index contributed by atoms with van der Waals surface area (Å²) in [7, 11) is 0. The maximum atomic E-state index is 13.6. The summed E-state index contributed by atoms with van der Waals surface area (Å²) in [6.45, 7) is 2.62. The quantitative estimate of drug-likeness (QED) is 0.562. The molecule has 0 bridgehead atoms.